The van der Waals surface area contributed by atoms with Gasteiger partial charge in [-0.3, -0.25) is 9.89 Å². The zero-order valence-electron chi connectivity index (χ0n) is 17.2. The molecule has 0 fully saturated rings. The normalized spacial score (nSPS) is 16.0. The predicted molar refractivity (Wildman–Crippen MR) is 113 cm³/mol. The first-order chi connectivity index (χ1) is 13.3. The molecule has 0 spiro atoms. The number of fused-ring (bicyclic) bond motifs is 2. The summed E-state index contributed by atoms with van der Waals surface area (Å²) >= 11 is 0. The first-order valence-electron chi connectivity index (χ1n) is 10.2. The maximum absolute atomic E-state index is 12.5. The van der Waals surface area contributed by atoms with Crippen molar-refractivity contribution >= 4 is 23.6 Å². The number of carbonyl (C=O) groups excluding carboxylic acids is 1. The van der Waals surface area contributed by atoms with Crippen molar-refractivity contribution in [2.75, 3.05) is 6.54 Å². The van der Waals surface area contributed by atoms with Crippen molar-refractivity contribution < 1.29 is 4.79 Å². The summed E-state index contributed by atoms with van der Waals surface area (Å²) in [6.07, 6.45) is 8.61. The van der Waals surface area contributed by atoms with E-state index in [9.17, 15) is 4.79 Å². The van der Waals surface area contributed by atoms with Crippen LogP contribution < -0.4 is 10.6 Å². The second-order valence-corrected chi connectivity index (χ2v) is 9.24. The molecule has 1 aliphatic carbocycles. The molecule has 2 aliphatic rings. The first-order valence-corrected chi connectivity index (χ1v) is 10.2. The van der Waals surface area contributed by atoms with Gasteiger partial charge in [0.2, 0.25) is 0 Å². The number of nitrogens with zero attached hydrogens (tertiary/aromatic N) is 2. The monoisotopic (exact) mass is 378 g/mol. The summed E-state index contributed by atoms with van der Waals surface area (Å²) in [5, 5.41) is 10.1. The van der Waals surface area contributed by atoms with Crippen LogP contribution in [0.1, 0.15) is 62.7 Å². The molecule has 0 amide bonds. The van der Waals surface area contributed by atoms with E-state index >= 15 is 0 Å². The molecule has 0 saturated carbocycles. The highest BCUT2D eigenvalue weighted by molar-refractivity contribution is 5.81. The van der Waals surface area contributed by atoms with Gasteiger partial charge in [0.15, 0.2) is 0 Å². The second-order valence-electron chi connectivity index (χ2n) is 9.24. The van der Waals surface area contributed by atoms with Gasteiger partial charge in [0.1, 0.15) is 5.78 Å². The quantitative estimate of drug-likeness (QED) is 0.841. The lowest BCUT2D eigenvalue weighted by atomic mass is 9.88. The van der Waals surface area contributed by atoms with Crippen LogP contribution in [0.2, 0.25) is 0 Å². The molecule has 28 heavy (non-hydrogen) atoms. The molecular weight excluding hydrogens is 348 g/mol. The summed E-state index contributed by atoms with van der Waals surface area (Å²) < 4.78 is 0. The molecule has 4 rings (SSSR count). The highest BCUT2D eigenvalue weighted by Crippen LogP contribution is 2.27. The van der Waals surface area contributed by atoms with Gasteiger partial charge < -0.3 is 9.88 Å². The number of H-pyrrole nitrogens is 2. The molecule has 0 saturated heterocycles. The molecular formula is C23H30N4O. The molecule has 0 aromatic carbocycles. The fraction of sp³-hybridized carbons (Fsp3) is 0.478. The lowest BCUT2D eigenvalue weighted by Crippen LogP contribution is -2.29. The van der Waals surface area contributed by atoms with Gasteiger partial charge in [-0.2, -0.15) is 5.10 Å². The molecule has 5 heteroatoms. The van der Waals surface area contributed by atoms with Crippen LogP contribution in [-0.2, 0) is 24.2 Å². The Morgan fingerprint density at radius 2 is 2.07 bits per heavy atom. The van der Waals surface area contributed by atoms with Gasteiger partial charge >= 0.3 is 0 Å². The van der Waals surface area contributed by atoms with Gasteiger partial charge in [0.25, 0.3) is 0 Å². The summed E-state index contributed by atoms with van der Waals surface area (Å²) in [6.45, 7) is 12.3. The largest absolute Gasteiger partial charge is 0.365 e. The van der Waals surface area contributed by atoms with E-state index in [1.165, 1.54) is 16.1 Å². The Kier molecular flexibility index (Phi) is 4.77. The zero-order valence-corrected chi connectivity index (χ0v) is 17.2. The van der Waals surface area contributed by atoms with Crippen LogP contribution in [0.25, 0.3) is 17.8 Å². The minimum atomic E-state index is 0.00847. The summed E-state index contributed by atoms with van der Waals surface area (Å²) in [7, 11) is 0. The molecule has 1 aliphatic heterocycles. The Morgan fingerprint density at radius 3 is 2.82 bits per heavy atom. The molecule has 2 N–H and O–H groups in total. The van der Waals surface area contributed by atoms with Crippen LogP contribution in [-0.4, -0.2) is 32.4 Å². The minimum absolute atomic E-state index is 0.00847. The molecule has 0 radical (unpaired) electrons. The number of Topliss-reactive ketones (excluding diaryl/α,β-unsaturated/α-hetero) is 1. The molecule has 0 unspecified atom stereocenters. The van der Waals surface area contributed by atoms with Crippen molar-refractivity contribution in [3.63, 3.8) is 0 Å². The van der Waals surface area contributed by atoms with Gasteiger partial charge in [-0.25, -0.2) is 0 Å². The maximum Gasteiger partial charge on any atom is 0.139 e. The molecule has 2 aromatic heterocycles. The third kappa shape index (κ3) is 3.84. The lowest BCUT2D eigenvalue weighted by molar-refractivity contribution is -0.120. The van der Waals surface area contributed by atoms with E-state index in [1.807, 2.05) is 0 Å². The summed E-state index contributed by atoms with van der Waals surface area (Å²) in [4.78, 5) is 18.3. The number of rotatable bonds is 5. The lowest BCUT2D eigenvalue weighted by Gasteiger charge is -2.30. The third-order valence-electron chi connectivity index (χ3n) is 5.56. The van der Waals surface area contributed by atoms with Crippen molar-refractivity contribution in [2.45, 2.75) is 59.4 Å². The standard InChI is InChI=1S/C23H30N4O/c1-15(21-11-16-7-5-6-8-19(16)24-21)27-10-9-20-18(14-27)22(26-25-20)12-17(28)13-23(2,3)4/h7-8,11,24H,1,5-6,9-10,12-14H2,2-4H3,(H,25,26). The van der Waals surface area contributed by atoms with Gasteiger partial charge in [-0.15, -0.1) is 0 Å². The smallest absolute Gasteiger partial charge is 0.139 e. The van der Waals surface area contributed by atoms with Crippen LogP contribution in [0.15, 0.2) is 12.6 Å². The first kappa shape index (κ1) is 18.8. The zero-order chi connectivity index (χ0) is 19.9. The minimum Gasteiger partial charge on any atom is -0.365 e. The topological polar surface area (TPSA) is 64.8 Å². The van der Waals surface area contributed by atoms with E-state index in [-0.39, 0.29) is 11.2 Å². The number of nitrogens with one attached hydrogen (secondary N) is 2. The Labute approximate surface area is 166 Å². The maximum atomic E-state index is 12.5. The molecule has 3 heterocycles. The number of aromatic nitrogens is 3. The fourth-order valence-electron chi connectivity index (χ4n) is 4.19. The number of carbonyl (C=O) groups is 1. The van der Waals surface area contributed by atoms with Crippen LogP contribution in [0.5, 0.6) is 0 Å². The van der Waals surface area contributed by atoms with Crippen molar-refractivity contribution in [3.05, 3.63) is 45.9 Å². The van der Waals surface area contributed by atoms with Crippen molar-refractivity contribution in [3.8, 4) is 0 Å². The molecule has 0 bridgehead atoms. The Morgan fingerprint density at radius 1 is 1.29 bits per heavy atom. The Bertz CT molecular complexity index is 998. The summed E-state index contributed by atoms with van der Waals surface area (Å²) in [6, 6.07) is 2.20. The van der Waals surface area contributed by atoms with Crippen LogP contribution in [0.3, 0.4) is 0 Å². The third-order valence-corrected chi connectivity index (χ3v) is 5.56. The number of ketones is 1. The van der Waals surface area contributed by atoms with E-state index in [2.05, 4.69) is 65.6 Å². The van der Waals surface area contributed by atoms with E-state index in [0.29, 0.717) is 12.8 Å². The van der Waals surface area contributed by atoms with E-state index in [0.717, 1.165) is 55.1 Å². The van der Waals surface area contributed by atoms with Crippen LogP contribution >= 0.6 is 0 Å². The predicted octanol–water partition coefficient (Wildman–Crippen LogP) is 2.67. The van der Waals surface area contributed by atoms with Gasteiger partial charge in [-0.05, 0) is 29.5 Å². The highest BCUT2D eigenvalue weighted by Gasteiger charge is 2.25. The van der Waals surface area contributed by atoms with Gasteiger partial charge in [0.05, 0.1) is 23.5 Å². The van der Waals surface area contributed by atoms with Gasteiger partial charge in [-0.1, -0.05) is 39.5 Å². The summed E-state index contributed by atoms with van der Waals surface area (Å²) in [5.41, 5.74) is 5.33. The second kappa shape index (κ2) is 7.12. The van der Waals surface area contributed by atoms with Crippen molar-refractivity contribution in [1.29, 1.82) is 0 Å². The average molecular weight is 379 g/mol. The average Bonchev–Trinajstić information content (AvgIpc) is 3.23. The van der Waals surface area contributed by atoms with Crippen molar-refractivity contribution in [1.82, 2.24) is 20.1 Å². The number of hydrogen-bond acceptors (Lipinski definition) is 3. The fourth-order valence-corrected chi connectivity index (χ4v) is 4.19. The van der Waals surface area contributed by atoms with Crippen LogP contribution in [0, 0.1) is 5.41 Å². The van der Waals surface area contributed by atoms with E-state index in [4.69, 9.17) is 0 Å². The number of aromatic amines is 2. The Balaban J connectivity index is 1.51. The molecule has 5 nitrogen and oxygen atoms in total. The molecule has 0 atom stereocenters. The van der Waals surface area contributed by atoms with E-state index in [1.54, 1.807) is 0 Å². The molecule has 2 aromatic rings. The highest BCUT2D eigenvalue weighted by atomic mass is 16.1. The van der Waals surface area contributed by atoms with Crippen LogP contribution in [0.4, 0.5) is 0 Å². The summed E-state index contributed by atoms with van der Waals surface area (Å²) in [5.74, 6) is 0.251. The Hall–Kier alpha value is -2.56. The van der Waals surface area contributed by atoms with Crippen molar-refractivity contribution in [2.24, 2.45) is 5.41 Å². The SMILES string of the molecule is C=C(c1cc2c([nH]1)=CCCC=2)N1CCc2[nH]nc(CC(=O)CC(C)(C)C)c2C1. The molecule has 148 valence electrons. The number of hydrogen-bond donors (Lipinski definition) is 2. The van der Waals surface area contributed by atoms with E-state index < -0.39 is 0 Å². The van der Waals surface area contributed by atoms with Gasteiger partial charge in [0, 0.05) is 42.5 Å².